The van der Waals surface area contributed by atoms with Crippen molar-refractivity contribution in [3.05, 3.63) is 28.5 Å². The second-order valence-corrected chi connectivity index (χ2v) is 4.13. The van der Waals surface area contributed by atoms with Gasteiger partial charge in [0.05, 0.1) is 6.61 Å². The molecule has 0 aliphatic carbocycles. The summed E-state index contributed by atoms with van der Waals surface area (Å²) in [6, 6.07) is 3.52. The van der Waals surface area contributed by atoms with E-state index in [-0.39, 0.29) is 23.6 Å². The number of hydrogen-bond acceptors (Lipinski definition) is 5. The molecular weight excluding hydrogens is 302 g/mol. The van der Waals surface area contributed by atoms with Crippen LogP contribution in [0.4, 0.5) is 5.95 Å². The molecule has 0 aliphatic heterocycles. The minimum atomic E-state index is -0.373. The monoisotopic (exact) mass is 311 g/mol. The van der Waals surface area contributed by atoms with Gasteiger partial charge in [0.1, 0.15) is 5.69 Å². The average Bonchev–Trinajstić information content (AvgIpc) is 2.78. The molecule has 8 heteroatoms. The van der Waals surface area contributed by atoms with Crippen molar-refractivity contribution in [1.29, 1.82) is 0 Å². The van der Waals surface area contributed by atoms with Crippen LogP contribution >= 0.6 is 15.9 Å². The number of carbonyl (C=O) groups is 1. The summed E-state index contributed by atoms with van der Waals surface area (Å²) in [7, 11) is 0. The fourth-order valence-electron chi connectivity index (χ4n) is 1.18. The van der Waals surface area contributed by atoms with Crippen LogP contribution < -0.4 is 10.1 Å². The molecule has 0 saturated carbocycles. The van der Waals surface area contributed by atoms with Crippen LogP contribution in [0, 0.1) is 0 Å². The maximum absolute atomic E-state index is 11.8. The van der Waals surface area contributed by atoms with Crippen LogP contribution in [-0.4, -0.2) is 32.7 Å². The molecule has 7 nitrogen and oxygen atoms in total. The van der Waals surface area contributed by atoms with Crippen LogP contribution in [0.25, 0.3) is 0 Å². The van der Waals surface area contributed by atoms with E-state index in [1.807, 2.05) is 6.92 Å². The smallest absolute Gasteiger partial charge is 0.337 e. The molecule has 94 valence electrons. The molecule has 0 bridgehead atoms. The highest BCUT2D eigenvalue weighted by Gasteiger charge is 2.10. The Hall–Kier alpha value is -1.96. The summed E-state index contributed by atoms with van der Waals surface area (Å²) in [4.78, 5) is 19.7. The van der Waals surface area contributed by atoms with Crippen LogP contribution in [0.5, 0.6) is 6.01 Å². The minimum Gasteiger partial charge on any atom is -0.463 e. The van der Waals surface area contributed by atoms with Gasteiger partial charge in [0.2, 0.25) is 5.95 Å². The third-order valence-corrected chi connectivity index (χ3v) is 2.40. The fraction of sp³-hybridized carbons (Fsp3) is 0.200. The number of anilines is 1. The third-order valence-electron chi connectivity index (χ3n) is 1.93. The Kier molecular flexibility index (Phi) is 3.88. The first-order valence-corrected chi connectivity index (χ1v) is 5.96. The van der Waals surface area contributed by atoms with Gasteiger partial charge in [-0.15, -0.1) is 5.10 Å². The van der Waals surface area contributed by atoms with Crippen molar-refractivity contribution >= 4 is 27.8 Å². The molecule has 0 saturated heterocycles. The Morgan fingerprint density at radius 3 is 3.06 bits per heavy atom. The van der Waals surface area contributed by atoms with Crippen molar-refractivity contribution in [2.24, 2.45) is 0 Å². The molecule has 1 amide bonds. The third kappa shape index (κ3) is 3.04. The Bertz CT molecular complexity index is 539. The zero-order valence-electron chi connectivity index (χ0n) is 9.48. The Morgan fingerprint density at radius 2 is 2.39 bits per heavy atom. The van der Waals surface area contributed by atoms with E-state index in [0.29, 0.717) is 6.61 Å². The fourth-order valence-corrected chi connectivity index (χ4v) is 1.41. The van der Waals surface area contributed by atoms with E-state index in [0.717, 1.165) is 4.47 Å². The number of nitrogens with zero attached hydrogens (tertiary/aromatic N) is 3. The number of amides is 1. The summed E-state index contributed by atoms with van der Waals surface area (Å²) < 4.78 is 5.87. The molecule has 0 unspecified atom stereocenters. The molecular formula is C10H10BrN5O2. The Morgan fingerprint density at radius 1 is 1.56 bits per heavy atom. The number of rotatable bonds is 4. The molecule has 2 N–H and O–H groups in total. The molecule has 2 aromatic heterocycles. The quantitative estimate of drug-likeness (QED) is 0.895. The summed E-state index contributed by atoms with van der Waals surface area (Å²) in [5.74, 6) is -0.158. The Labute approximate surface area is 111 Å². The van der Waals surface area contributed by atoms with Crippen LogP contribution in [-0.2, 0) is 0 Å². The molecule has 2 aromatic rings. The van der Waals surface area contributed by atoms with Gasteiger partial charge in [-0.25, -0.2) is 10.1 Å². The lowest BCUT2D eigenvalue weighted by atomic mass is 10.3. The highest BCUT2D eigenvalue weighted by molar-refractivity contribution is 9.10. The molecule has 0 spiro atoms. The number of pyridine rings is 1. The summed E-state index contributed by atoms with van der Waals surface area (Å²) in [5, 5.41) is 8.84. The number of H-pyrrole nitrogens is 1. The predicted molar refractivity (Wildman–Crippen MR) is 67.4 cm³/mol. The SMILES string of the molecule is CCOc1n[nH]c(NC(=O)c2ccc(Br)cn2)n1. The second-order valence-electron chi connectivity index (χ2n) is 3.22. The van der Waals surface area contributed by atoms with E-state index in [1.165, 1.54) is 0 Å². The second kappa shape index (κ2) is 5.58. The van der Waals surface area contributed by atoms with E-state index < -0.39 is 0 Å². The minimum absolute atomic E-state index is 0.191. The van der Waals surface area contributed by atoms with Gasteiger partial charge in [0, 0.05) is 10.7 Å². The molecule has 2 rings (SSSR count). The maximum Gasteiger partial charge on any atom is 0.337 e. The van der Waals surface area contributed by atoms with E-state index >= 15 is 0 Å². The maximum atomic E-state index is 11.8. The predicted octanol–water partition coefficient (Wildman–Crippen LogP) is 1.61. The van der Waals surface area contributed by atoms with E-state index in [4.69, 9.17) is 4.74 Å². The first kappa shape index (κ1) is 12.5. The number of ether oxygens (including phenoxy) is 1. The lowest BCUT2D eigenvalue weighted by Gasteiger charge is -2.00. The van der Waals surface area contributed by atoms with E-state index in [1.54, 1.807) is 18.3 Å². The van der Waals surface area contributed by atoms with Crippen LogP contribution in [0.3, 0.4) is 0 Å². The standard InChI is InChI=1S/C10H10BrN5O2/c1-2-18-10-14-9(15-16-10)13-8(17)7-4-3-6(11)5-12-7/h3-5H,2H2,1H3,(H2,13,14,15,16,17). The molecule has 0 fully saturated rings. The Balaban J connectivity index is 2.04. The van der Waals surface area contributed by atoms with Crippen molar-refractivity contribution in [2.45, 2.75) is 6.92 Å². The van der Waals surface area contributed by atoms with E-state index in [9.17, 15) is 4.79 Å². The van der Waals surface area contributed by atoms with Gasteiger partial charge >= 0.3 is 6.01 Å². The first-order chi connectivity index (χ1) is 8.69. The van der Waals surface area contributed by atoms with Crippen LogP contribution in [0.2, 0.25) is 0 Å². The van der Waals surface area contributed by atoms with Gasteiger partial charge in [-0.05, 0) is 35.0 Å². The largest absolute Gasteiger partial charge is 0.463 e. The lowest BCUT2D eigenvalue weighted by molar-refractivity contribution is 0.102. The average molecular weight is 312 g/mol. The number of carbonyl (C=O) groups excluding carboxylic acids is 1. The lowest BCUT2D eigenvalue weighted by Crippen LogP contribution is -2.14. The summed E-state index contributed by atoms with van der Waals surface area (Å²) in [5.41, 5.74) is 0.285. The van der Waals surface area contributed by atoms with Gasteiger partial charge in [-0.3, -0.25) is 10.1 Å². The van der Waals surface area contributed by atoms with Gasteiger partial charge in [-0.1, -0.05) is 0 Å². The number of aromatic nitrogens is 4. The zero-order chi connectivity index (χ0) is 13.0. The number of halogens is 1. The van der Waals surface area contributed by atoms with Crippen LogP contribution in [0.15, 0.2) is 22.8 Å². The van der Waals surface area contributed by atoms with Crippen molar-refractivity contribution in [3.63, 3.8) is 0 Å². The van der Waals surface area contributed by atoms with Gasteiger partial charge in [0.25, 0.3) is 5.91 Å². The first-order valence-electron chi connectivity index (χ1n) is 5.17. The highest BCUT2D eigenvalue weighted by atomic mass is 79.9. The van der Waals surface area contributed by atoms with Crippen molar-refractivity contribution in [2.75, 3.05) is 11.9 Å². The summed E-state index contributed by atoms with van der Waals surface area (Å²) >= 11 is 3.24. The van der Waals surface area contributed by atoms with Gasteiger partial charge in [0.15, 0.2) is 0 Å². The molecule has 0 atom stereocenters. The molecule has 0 aromatic carbocycles. The van der Waals surface area contributed by atoms with Crippen molar-refractivity contribution in [3.8, 4) is 6.01 Å². The molecule has 0 radical (unpaired) electrons. The van der Waals surface area contributed by atoms with Gasteiger partial charge < -0.3 is 4.74 Å². The molecule has 18 heavy (non-hydrogen) atoms. The summed E-state index contributed by atoms with van der Waals surface area (Å²) in [6.45, 7) is 2.28. The van der Waals surface area contributed by atoms with E-state index in [2.05, 4.69) is 41.4 Å². The van der Waals surface area contributed by atoms with Gasteiger partial charge in [-0.2, -0.15) is 4.98 Å². The van der Waals surface area contributed by atoms with Crippen LogP contribution in [0.1, 0.15) is 17.4 Å². The molecule has 2 heterocycles. The zero-order valence-corrected chi connectivity index (χ0v) is 11.1. The van der Waals surface area contributed by atoms with Crippen molar-refractivity contribution < 1.29 is 9.53 Å². The number of nitrogens with one attached hydrogen (secondary N) is 2. The summed E-state index contributed by atoms with van der Waals surface area (Å²) in [6.07, 6.45) is 1.54. The number of hydrogen-bond donors (Lipinski definition) is 2. The normalized spacial score (nSPS) is 10.1. The topological polar surface area (TPSA) is 92.8 Å². The number of aromatic amines is 1. The molecule has 0 aliphatic rings. The highest BCUT2D eigenvalue weighted by Crippen LogP contribution is 2.10. The van der Waals surface area contributed by atoms with Crippen molar-refractivity contribution in [1.82, 2.24) is 20.2 Å².